The molecular formula is C23H27ClN2O3. The van der Waals surface area contributed by atoms with Gasteiger partial charge in [-0.1, -0.05) is 43.6 Å². The molecule has 2 aromatic carbocycles. The largest absolute Gasteiger partial charge is 0.487 e. The molecule has 0 radical (unpaired) electrons. The van der Waals surface area contributed by atoms with Crippen molar-refractivity contribution >= 4 is 23.3 Å². The zero-order chi connectivity index (χ0) is 20.6. The van der Waals surface area contributed by atoms with E-state index in [1.54, 1.807) is 0 Å². The Morgan fingerprint density at radius 3 is 2.79 bits per heavy atom. The molecular weight excluding hydrogens is 388 g/mol. The number of fused-ring (bicyclic) bond motifs is 2. The third-order valence-corrected chi connectivity index (χ3v) is 6.50. The Morgan fingerprint density at radius 2 is 2.03 bits per heavy atom. The number of carbonyl (C=O) groups excluding carboxylic acids is 1. The van der Waals surface area contributed by atoms with Crippen LogP contribution in [0.3, 0.4) is 0 Å². The first-order valence-corrected chi connectivity index (χ1v) is 10.7. The smallest absolute Gasteiger partial charge is 0.319 e. The van der Waals surface area contributed by atoms with Crippen LogP contribution in [0.2, 0.25) is 5.02 Å². The molecule has 154 valence electrons. The Kier molecular flexibility index (Phi) is 5.45. The molecule has 0 fully saturated rings. The molecule has 1 aliphatic heterocycles. The number of carbonyl (C=O) groups is 1. The zero-order valence-corrected chi connectivity index (χ0v) is 17.6. The molecule has 0 bridgehead atoms. The molecule has 4 rings (SSSR count). The summed E-state index contributed by atoms with van der Waals surface area (Å²) >= 11 is 6.18. The Bertz CT molecular complexity index is 926. The molecule has 2 aliphatic rings. The van der Waals surface area contributed by atoms with Crippen molar-refractivity contribution < 1.29 is 14.6 Å². The van der Waals surface area contributed by atoms with Gasteiger partial charge in [0, 0.05) is 29.1 Å². The second-order valence-electron chi connectivity index (χ2n) is 8.03. The molecule has 29 heavy (non-hydrogen) atoms. The van der Waals surface area contributed by atoms with E-state index in [1.807, 2.05) is 36.4 Å². The Morgan fingerprint density at radius 1 is 1.24 bits per heavy atom. The standard InChI is InChI=1S/C23H27ClN2O3/c1-3-23(4-2)13-20(17-9-8-15(24)11-21(17)29-23)26-22(28)25-19-7-5-6-14-10-16(27)12-18(14)19/h5-9,11,16,20,27H,3-4,10,12-13H2,1-2H3,(H2,25,26,28)/t16-,20-/m1/s1. The fraction of sp³-hybridized carbons (Fsp3) is 0.435. The quantitative estimate of drug-likeness (QED) is 0.659. The van der Waals surface area contributed by atoms with Crippen molar-refractivity contribution in [2.75, 3.05) is 5.32 Å². The number of hydrogen-bond acceptors (Lipinski definition) is 3. The van der Waals surface area contributed by atoms with Crippen LogP contribution in [0.4, 0.5) is 10.5 Å². The first kappa shape index (κ1) is 20.0. The van der Waals surface area contributed by atoms with E-state index in [4.69, 9.17) is 16.3 Å². The molecule has 2 amide bonds. The van der Waals surface area contributed by atoms with Gasteiger partial charge in [-0.25, -0.2) is 4.79 Å². The first-order chi connectivity index (χ1) is 13.9. The maximum Gasteiger partial charge on any atom is 0.319 e. The van der Waals surface area contributed by atoms with E-state index >= 15 is 0 Å². The summed E-state index contributed by atoms with van der Waals surface area (Å²) in [5.74, 6) is 0.737. The predicted molar refractivity (Wildman–Crippen MR) is 115 cm³/mol. The number of ether oxygens (including phenoxy) is 1. The van der Waals surface area contributed by atoms with Crippen molar-refractivity contribution in [3.8, 4) is 5.75 Å². The minimum atomic E-state index is -0.377. The Labute approximate surface area is 176 Å². The van der Waals surface area contributed by atoms with Gasteiger partial charge in [-0.05, 0) is 48.6 Å². The molecule has 1 aliphatic carbocycles. The highest BCUT2D eigenvalue weighted by Crippen LogP contribution is 2.43. The summed E-state index contributed by atoms with van der Waals surface area (Å²) in [6.07, 6.45) is 3.22. The Balaban J connectivity index is 1.56. The summed E-state index contributed by atoms with van der Waals surface area (Å²) in [5.41, 5.74) is 3.49. The minimum absolute atomic E-state index is 0.168. The molecule has 0 saturated heterocycles. The van der Waals surface area contributed by atoms with E-state index in [2.05, 4.69) is 24.5 Å². The SMILES string of the molecule is CCC1(CC)C[C@@H](NC(=O)Nc2cccc3c2C[C@H](O)C3)c2ccc(Cl)cc2O1. The number of benzene rings is 2. The van der Waals surface area contributed by atoms with Gasteiger partial charge in [-0.2, -0.15) is 0 Å². The van der Waals surface area contributed by atoms with Crippen molar-refractivity contribution in [3.05, 3.63) is 58.1 Å². The molecule has 2 aromatic rings. The fourth-order valence-electron chi connectivity index (χ4n) is 4.52. The lowest BCUT2D eigenvalue weighted by atomic mass is 9.83. The summed E-state index contributed by atoms with van der Waals surface area (Å²) in [5, 5.41) is 16.7. The highest BCUT2D eigenvalue weighted by molar-refractivity contribution is 6.30. The van der Waals surface area contributed by atoms with Crippen molar-refractivity contribution in [3.63, 3.8) is 0 Å². The average Bonchev–Trinajstić information content (AvgIpc) is 3.08. The van der Waals surface area contributed by atoms with Crippen LogP contribution in [-0.4, -0.2) is 22.8 Å². The number of aliphatic hydroxyl groups is 1. The number of anilines is 1. The summed E-state index contributed by atoms with van der Waals surface area (Å²) in [6.45, 7) is 4.21. The van der Waals surface area contributed by atoms with Gasteiger partial charge in [0.25, 0.3) is 0 Å². The third-order valence-electron chi connectivity index (χ3n) is 6.26. The second kappa shape index (κ2) is 7.88. The molecule has 0 saturated carbocycles. The lowest BCUT2D eigenvalue weighted by molar-refractivity contribution is 0.0247. The summed E-state index contributed by atoms with van der Waals surface area (Å²) < 4.78 is 6.32. The van der Waals surface area contributed by atoms with Gasteiger partial charge in [0.1, 0.15) is 11.4 Å². The summed E-state index contributed by atoms with van der Waals surface area (Å²) in [6, 6.07) is 11.0. The number of hydrogen-bond donors (Lipinski definition) is 3. The van der Waals surface area contributed by atoms with Gasteiger partial charge in [-0.15, -0.1) is 0 Å². The van der Waals surface area contributed by atoms with Gasteiger partial charge >= 0.3 is 6.03 Å². The number of halogens is 1. The second-order valence-corrected chi connectivity index (χ2v) is 8.47. The molecule has 6 heteroatoms. The van der Waals surface area contributed by atoms with E-state index in [1.165, 1.54) is 0 Å². The van der Waals surface area contributed by atoms with Gasteiger partial charge in [0.05, 0.1) is 12.1 Å². The van der Waals surface area contributed by atoms with Crippen LogP contribution in [0.1, 0.15) is 55.8 Å². The molecule has 3 N–H and O–H groups in total. The van der Waals surface area contributed by atoms with Crippen LogP contribution in [-0.2, 0) is 12.8 Å². The fourth-order valence-corrected chi connectivity index (χ4v) is 4.68. The number of rotatable bonds is 4. The van der Waals surface area contributed by atoms with E-state index in [0.717, 1.165) is 41.0 Å². The summed E-state index contributed by atoms with van der Waals surface area (Å²) in [4.78, 5) is 12.9. The number of nitrogens with one attached hydrogen (secondary N) is 2. The normalized spacial score (nSPS) is 21.7. The maximum atomic E-state index is 12.9. The van der Waals surface area contributed by atoms with Crippen LogP contribution in [0.15, 0.2) is 36.4 Å². The van der Waals surface area contributed by atoms with E-state index in [9.17, 15) is 9.90 Å². The number of aliphatic hydroxyl groups excluding tert-OH is 1. The minimum Gasteiger partial charge on any atom is -0.487 e. The lowest BCUT2D eigenvalue weighted by Gasteiger charge is -2.41. The monoisotopic (exact) mass is 414 g/mol. The van der Waals surface area contributed by atoms with Crippen molar-refractivity contribution in [1.29, 1.82) is 0 Å². The molecule has 0 unspecified atom stereocenters. The highest BCUT2D eigenvalue weighted by Gasteiger charge is 2.39. The molecule has 5 nitrogen and oxygen atoms in total. The molecule has 2 atom stereocenters. The average molecular weight is 415 g/mol. The molecule has 0 aromatic heterocycles. The number of urea groups is 1. The number of amides is 2. The highest BCUT2D eigenvalue weighted by atomic mass is 35.5. The van der Waals surface area contributed by atoms with Crippen LogP contribution in [0.25, 0.3) is 0 Å². The Hall–Kier alpha value is -2.24. The topological polar surface area (TPSA) is 70.6 Å². The van der Waals surface area contributed by atoms with Crippen molar-refractivity contribution in [1.82, 2.24) is 5.32 Å². The van der Waals surface area contributed by atoms with Crippen LogP contribution in [0.5, 0.6) is 5.75 Å². The van der Waals surface area contributed by atoms with E-state index in [0.29, 0.717) is 24.3 Å². The summed E-state index contributed by atoms with van der Waals surface area (Å²) in [7, 11) is 0. The van der Waals surface area contributed by atoms with E-state index < -0.39 is 0 Å². The molecule has 1 heterocycles. The first-order valence-electron chi connectivity index (χ1n) is 10.3. The van der Waals surface area contributed by atoms with Gasteiger partial charge in [0.2, 0.25) is 0 Å². The van der Waals surface area contributed by atoms with Crippen molar-refractivity contribution in [2.45, 2.75) is 63.7 Å². The van der Waals surface area contributed by atoms with Crippen molar-refractivity contribution in [2.24, 2.45) is 0 Å². The zero-order valence-electron chi connectivity index (χ0n) is 16.8. The van der Waals surface area contributed by atoms with Gasteiger partial charge in [0.15, 0.2) is 0 Å². The predicted octanol–water partition coefficient (Wildman–Crippen LogP) is 5.00. The maximum absolute atomic E-state index is 12.9. The van der Waals surface area contributed by atoms with Crippen LogP contribution >= 0.6 is 11.6 Å². The lowest BCUT2D eigenvalue weighted by Crippen LogP contribution is -2.45. The van der Waals surface area contributed by atoms with Crippen LogP contribution < -0.4 is 15.4 Å². The van der Waals surface area contributed by atoms with Gasteiger partial charge < -0.3 is 20.5 Å². The molecule has 0 spiro atoms. The van der Waals surface area contributed by atoms with Crippen LogP contribution in [0, 0.1) is 0 Å². The third kappa shape index (κ3) is 3.94. The van der Waals surface area contributed by atoms with Gasteiger partial charge in [-0.3, -0.25) is 0 Å². The van der Waals surface area contributed by atoms with E-state index in [-0.39, 0.29) is 23.8 Å².